The fourth-order valence-electron chi connectivity index (χ4n) is 3.83. The molecule has 29 heavy (non-hydrogen) atoms. The number of thiophene rings is 1. The molecule has 1 aliphatic rings. The molecule has 3 heterocycles. The van der Waals surface area contributed by atoms with Gasteiger partial charge in [-0.2, -0.15) is 0 Å². The molecule has 156 valence electrons. The summed E-state index contributed by atoms with van der Waals surface area (Å²) in [4.78, 5) is 16.8. The number of benzene rings is 1. The first-order chi connectivity index (χ1) is 14.2. The molecule has 1 aliphatic heterocycles. The standard InChI is InChI=1S/C22H26FN3O2S.H2/c23-17-6-7-18-19(16-29-21(18)15-17)26-11-4-10-25(12-13-26)9-2-1-8-24-22(27)20-5-3-14-28-20;/h3,5-7,14-16H,1-2,4,8-13H2,(H,24,27);1H. The smallest absolute Gasteiger partial charge is 0.286 e. The van der Waals surface area contributed by atoms with E-state index >= 15 is 0 Å². The second kappa shape index (κ2) is 9.41. The Kier molecular flexibility index (Phi) is 6.46. The Morgan fingerprint density at radius 1 is 1.21 bits per heavy atom. The van der Waals surface area contributed by atoms with Crippen molar-refractivity contribution in [1.29, 1.82) is 0 Å². The number of hydrogen-bond donors (Lipinski definition) is 1. The zero-order valence-electron chi connectivity index (χ0n) is 16.4. The van der Waals surface area contributed by atoms with Gasteiger partial charge >= 0.3 is 0 Å². The van der Waals surface area contributed by atoms with Crippen LogP contribution < -0.4 is 10.2 Å². The van der Waals surface area contributed by atoms with E-state index in [0.29, 0.717) is 12.3 Å². The highest BCUT2D eigenvalue weighted by atomic mass is 32.1. The van der Waals surface area contributed by atoms with Crippen LogP contribution in [0.25, 0.3) is 10.1 Å². The van der Waals surface area contributed by atoms with Gasteiger partial charge < -0.3 is 19.5 Å². The molecule has 1 aromatic carbocycles. The highest BCUT2D eigenvalue weighted by Crippen LogP contribution is 2.34. The normalized spacial score (nSPS) is 15.6. The number of nitrogens with zero attached hydrogens (tertiary/aromatic N) is 2. The lowest BCUT2D eigenvalue weighted by Crippen LogP contribution is -2.31. The van der Waals surface area contributed by atoms with Crippen molar-refractivity contribution < 1.29 is 15.0 Å². The van der Waals surface area contributed by atoms with Crippen LogP contribution in [-0.2, 0) is 0 Å². The minimum absolute atomic E-state index is 0. The molecule has 0 radical (unpaired) electrons. The molecule has 3 aromatic rings. The zero-order valence-corrected chi connectivity index (χ0v) is 17.2. The number of unbranched alkanes of at least 4 members (excludes halogenated alkanes) is 1. The van der Waals surface area contributed by atoms with Crippen LogP contribution in [0, 0.1) is 5.82 Å². The number of furan rings is 1. The summed E-state index contributed by atoms with van der Waals surface area (Å²) in [6.45, 7) is 5.83. The maximum absolute atomic E-state index is 13.5. The first-order valence-electron chi connectivity index (χ1n) is 10.2. The monoisotopic (exact) mass is 417 g/mol. The molecule has 0 spiro atoms. The third-order valence-electron chi connectivity index (χ3n) is 5.38. The number of nitrogens with one attached hydrogen (secondary N) is 1. The van der Waals surface area contributed by atoms with E-state index in [2.05, 4.69) is 20.5 Å². The van der Waals surface area contributed by atoms with Crippen molar-refractivity contribution in [2.45, 2.75) is 19.3 Å². The Labute approximate surface area is 175 Å². The molecule has 1 amide bonds. The number of halogens is 1. The Hall–Kier alpha value is -2.38. The molecule has 2 aromatic heterocycles. The summed E-state index contributed by atoms with van der Waals surface area (Å²) in [6.07, 6.45) is 4.63. The van der Waals surface area contributed by atoms with Crippen molar-refractivity contribution in [2.75, 3.05) is 44.2 Å². The fourth-order valence-corrected chi connectivity index (χ4v) is 4.82. The third-order valence-corrected chi connectivity index (χ3v) is 6.31. The number of hydrogen-bond acceptors (Lipinski definition) is 5. The van der Waals surface area contributed by atoms with Gasteiger partial charge in [0.05, 0.1) is 12.0 Å². The van der Waals surface area contributed by atoms with Crippen LogP contribution in [0.15, 0.2) is 46.4 Å². The van der Waals surface area contributed by atoms with Crippen LogP contribution in [-0.4, -0.2) is 50.1 Å². The van der Waals surface area contributed by atoms with Gasteiger partial charge in [-0.15, -0.1) is 11.3 Å². The van der Waals surface area contributed by atoms with Gasteiger partial charge in [0.1, 0.15) is 5.82 Å². The molecule has 0 atom stereocenters. The summed E-state index contributed by atoms with van der Waals surface area (Å²) in [5.74, 6) is 0.0397. The number of amides is 1. The van der Waals surface area contributed by atoms with Gasteiger partial charge in [0.15, 0.2) is 5.76 Å². The van der Waals surface area contributed by atoms with Crippen molar-refractivity contribution >= 4 is 33.0 Å². The summed E-state index contributed by atoms with van der Waals surface area (Å²) >= 11 is 1.61. The van der Waals surface area contributed by atoms with Gasteiger partial charge in [0, 0.05) is 43.1 Å². The number of anilines is 1. The van der Waals surface area contributed by atoms with Gasteiger partial charge in [0.2, 0.25) is 0 Å². The Balaban J connectivity index is 0.00000256. The largest absolute Gasteiger partial charge is 0.459 e. The number of fused-ring (bicyclic) bond motifs is 1. The van der Waals surface area contributed by atoms with Crippen molar-refractivity contribution in [3.63, 3.8) is 0 Å². The Morgan fingerprint density at radius 3 is 3.00 bits per heavy atom. The van der Waals surface area contributed by atoms with Crippen molar-refractivity contribution in [1.82, 2.24) is 10.2 Å². The Bertz CT molecular complexity index is 947. The quantitative estimate of drug-likeness (QED) is 0.571. The Morgan fingerprint density at radius 2 is 2.14 bits per heavy atom. The molecule has 0 saturated carbocycles. The maximum atomic E-state index is 13.5. The molecule has 5 nitrogen and oxygen atoms in total. The summed E-state index contributed by atoms with van der Waals surface area (Å²) in [6, 6.07) is 8.46. The highest BCUT2D eigenvalue weighted by Gasteiger charge is 2.18. The average Bonchev–Trinajstić information content (AvgIpc) is 3.34. The number of rotatable bonds is 7. The fraction of sp³-hybridized carbons (Fsp3) is 0.409. The van der Waals surface area contributed by atoms with Gasteiger partial charge in [-0.3, -0.25) is 4.79 Å². The van der Waals surface area contributed by atoms with E-state index in [9.17, 15) is 9.18 Å². The van der Waals surface area contributed by atoms with Gasteiger partial charge in [-0.05, 0) is 62.7 Å². The lowest BCUT2D eigenvalue weighted by molar-refractivity contribution is 0.0925. The molecule has 1 fully saturated rings. The molecule has 1 N–H and O–H groups in total. The average molecular weight is 418 g/mol. The molecule has 1 saturated heterocycles. The first-order valence-corrected chi connectivity index (χ1v) is 11.0. The van der Waals surface area contributed by atoms with Crippen molar-refractivity contribution in [3.8, 4) is 0 Å². The van der Waals surface area contributed by atoms with E-state index in [1.54, 1.807) is 35.6 Å². The summed E-state index contributed by atoms with van der Waals surface area (Å²) in [5, 5.41) is 6.20. The molecule has 0 bridgehead atoms. The SMILES string of the molecule is O=C(NCCCCN1CCCN(c2csc3cc(F)ccc23)CC1)c1ccco1.[HH]. The molecule has 0 aliphatic carbocycles. The second-order valence-electron chi connectivity index (χ2n) is 7.38. The van der Waals surface area contributed by atoms with E-state index in [1.807, 2.05) is 6.07 Å². The lowest BCUT2D eigenvalue weighted by Gasteiger charge is -2.23. The van der Waals surface area contributed by atoms with Crippen LogP contribution in [0.5, 0.6) is 0 Å². The third kappa shape index (κ3) is 4.97. The zero-order chi connectivity index (χ0) is 20.1. The van der Waals surface area contributed by atoms with E-state index in [4.69, 9.17) is 4.42 Å². The maximum Gasteiger partial charge on any atom is 0.286 e. The second-order valence-corrected chi connectivity index (χ2v) is 8.30. The topological polar surface area (TPSA) is 48.7 Å². The van der Waals surface area contributed by atoms with E-state index in [0.717, 1.165) is 62.1 Å². The van der Waals surface area contributed by atoms with E-state index in [-0.39, 0.29) is 13.2 Å². The minimum atomic E-state index is -0.173. The number of carbonyl (C=O) groups excluding carboxylic acids is 1. The van der Waals surface area contributed by atoms with Crippen molar-refractivity contribution in [3.05, 3.63) is 53.6 Å². The van der Waals surface area contributed by atoms with Crippen LogP contribution in [0.1, 0.15) is 31.2 Å². The van der Waals surface area contributed by atoms with Crippen LogP contribution >= 0.6 is 11.3 Å². The molecule has 7 heteroatoms. The first kappa shape index (κ1) is 19.9. The number of carbonyl (C=O) groups is 1. The van der Waals surface area contributed by atoms with Crippen molar-refractivity contribution in [2.24, 2.45) is 0 Å². The predicted molar refractivity (Wildman–Crippen MR) is 117 cm³/mol. The van der Waals surface area contributed by atoms with Crippen LogP contribution in [0.4, 0.5) is 10.1 Å². The van der Waals surface area contributed by atoms with Gasteiger partial charge in [0.25, 0.3) is 5.91 Å². The molecule has 0 unspecified atom stereocenters. The summed E-state index contributed by atoms with van der Waals surface area (Å²) in [5.41, 5.74) is 1.23. The lowest BCUT2D eigenvalue weighted by atomic mass is 10.2. The van der Waals surface area contributed by atoms with Gasteiger partial charge in [-0.1, -0.05) is 0 Å². The van der Waals surface area contributed by atoms with Crippen LogP contribution in [0.3, 0.4) is 0 Å². The van der Waals surface area contributed by atoms with Crippen LogP contribution in [0.2, 0.25) is 0 Å². The summed E-state index contributed by atoms with van der Waals surface area (Å²) < 4.78 is 19.6. The van der Waals surface area contributed by atoms with E-state index in [1.165, 1.54) is 12.0 Å². The highest BCUT2D eigenvalue weighted by molar-refractivity contribution is 7.17. The minimum Gasteiger partial charge on any atom is -0.459 e. The molecular weight excluding hydrogens is 389 g/mol. The predicted octanol–water partition coefficient (Wildman–Crippen LogP) is 4.60. The van der Waals surface area contributed by atoms with E-state index < -0.39 is 0 Å². The molecular formula is C22H28FN3O2S. The summed E-state index contributed by atoms with van der Waals surface area (Å²) in [7, 11) is 0. The molecule has 4 rings (SSSR count). The van der Waals surface area contributed by atoms with Gasteiger partial charge in [-0.25, -0.2) is 4.39 Å².